The van der Waals surface area contributed by atoms with Crippen molar-refractivity contribution in [3.8, 4) is 11.4 Å². The quantitative estimate of drug-likeness (QED) is 0.416. The number of hydrogen-bond acceptors (Lipinski definition) is 5. The summed E-state index contributed by atoms with van der Waals surface area (Å²) in [5.74, 6) is -0.203. The fraction of sp³-hybridized carbons (Fsp3) is 0.385. The number of nitrogens with one attached hydrogen (secondary N) is 2. The predicted octanol–water partition coefficient (Wildman–Crippen LogP) is 0.849. The lowest BCUT2D eigenvalue weighted by Gasteiger charge is -2.07. The number of hydrogen-bond donors (Lipinski definition) is 3. The zero-order valence-corrected chi connectivity index (χ0v) is 12.4. The van der Waals surface area contributed by atoms with E-state index in [4.69, 9.17) is 0 Å². The molecular weight excluding hydrogens is 294 g/mol. The maximum atomic E-state index is 11.7. The molecule has 8 heteroatoms. The van der Waals surface area contributed by atoms with Crippen LogP contribution >= 0.6 is 11.1 Å². The molecule has 1 aromatic heterocycles. The van der Waals surface area contributed by atoms with Crippen molar-refractivity contribution in [2.75, 3.05) is 6.54 Å². The Kier molecular flexibility index (Phi) is 4.94. The molecule has 7 nitrogen and oxygen atoms in total. The third-order valence-electron chi connectivity index (χ3n) is 3.02. The average molecular weight is 311 g/mol. The number of rotatable bonds is 6. The molecule has 1 heterocycles. The largest absolute Gasteiger partial charge is 0.549 e. The summed E-state index contributed by atoms with van der Waals surface area (Å²) < 4.78 is 14.5. The molecule has 3 N–H and O–H groups in total. The molecule has 0 amide bonds. The fourth-order valence-electron chi connectivity index (χ4n) is 1.91. The Balaban J connectivity index is 2.31. The van der Waals surface area contributed by atoms with E-state index >= 15 is 0 Å². The van der Waals surface area contributed by atoms with Crippen LogP contribution in [0.4, 0.5) is 0 Å². The summed E-state index contributed by atoms with van der Waals surface area (Å²) >= 11 is -2.00. The van der Waals surface area contributed by atoms with E-state index < -0.39 is 22.3 Å². The molecule has 0 bridgehead atoms. The normalized spacial score (nSPS) is 11.8. The molecule has 1 unspecified atom stereocenters. The van der Waals surface area contributed by atoms with Crippen LogP contribution in [0.15, 0.2) is 27.8 Å². The summed E-state index contributed by atoms with van der Waals surface area (Å²) in [6.45, 7) is 3.52. The average Bonchev–Trinajstić information content (AvgIpc) is 2.70. The van der Waals surface area contributed by atoms with Crippen molar-refractivity contribution in [2.24, 2.45) is 0 Å². The van der Waals surface area contributed by atoms with Gasteiger partial charge in [0.1, 0.15) is 22.6 Å². The summed E-state index contributed by atoms with van der Waals surface area (Å²) in [6.07, 6.45) is 2.14. The highest BCUT2D eigenvalue weighted by atomic mass is 32.2. The number of nitrogens with zero attached hydrogens (tertiary/aromatic N) is 1. The van der Waals surface area contributed by atoms with E-state index in [-0.39, 0.29) is 11.4 Å². The van der Waals surface area contributed by atoms with Crippen molar-refractivity contribution in [3.63, 3.8) is 0 Å². The van der Waals surface area contributed by atoms with E-state index in [2.05, 4.69) is 12.2 Å². The van der Waals surface area contributed by atoms with E-state index in [9.17, 15) is 19.2 Å². The SMILES string of the molecule is CCCCNCc1ccc(O)c(-n2c(=O)c(=O)[nH][s+]2[O-])c1. The number of benzene rings is 1. The smallest absolute Gasteiger partial charge is 0.368 e. The Morgan fingerprint density at radius 1 is 1.43 bits per heavy atom. The van der Waals surface area contributed by atoms with Gasteiger partial charge in [0.25, 0.3) is 0 Å². The van der Waals surface area contributed by atoms with Crippen molar-refractivity contribution in [3.05, 3.63) is 44.5 Å². The molecule has 0 radical (unpaired) electrons. The number of aromatic amines is 1. The van der Waals surface area contributed by atoms with Gasteiger partial charge >= 0.3 is 11.1 Å². The Labute approximate surface area is 124 Å². The van der Waals surface area contributed by atoms with Gasteiger partial charge in [0.2, 0.25) is 0 Å². The van der Waals surface area contributed by atoms with Crippen LogP contribution in [0, 0.1) is 0 Å². The van der Waals surface area contributed by atoms with Gasteiger partial charge in [0.05, 0.1) is 0 Å². The van der Waals surface area contributed by atoms with Crippen molar-refractivity contribution in [1.29, 1.82) is 0 Å². The molecule has 0 aliphatic heterocycles. The Morgan fingerprint density at radius 2 is 2.19 bits per heavy atom. The van der Waals surface area contributed by atoms with Gasteiger partial charge in [-0.25, -0.2) is 0 Å². The minimum Gasteiger partial charge on any atom is -0.549 e. The summed E-state index contributed by atoms with van der Waals surface area (Å²) in [7, 11) is 0. The van der Waals surface area contributed by atoms with E-state index in [1.165, 1.54) is 6.07 Å². The molecule has 0 saturated heterocycles. The van der Waals surface area contributed by atoms with Crippen molar-refractivity contribution >= 4 is 11.1 Å². The molecule has 2 aromatic rings. The highest BCUT2D eigenvalue weighted by Gasteiger charge is 2.19. The van der Waals surface area contributed by atoms with Crippen LogP contribution in [0.25, 0.3) is 5.69 Å². The second-order valence-electron chi connectivity index (χ2n) is 4.63. The topological polar surface area (TPSA) is 110 Å². The first-order valence-corrected chi connectivity index (χ1v) is 7.74. The van der Waals surface area contributed by atoms with Gasteiger partial charge in [-0.3, -0.25) is 9.59 Å². The molecule has 0 spiro atoms. The van der Waals surface area contributed by atoms with E-state index in [1.54, 1.807) is 12.1 Å². The number of aromatic nitrogens is 2. The zero-order valence-electron chi connectivity index (χ0n) is 11.6. The van der Waals surface area contributed by atoms with E-state index in [0.29, 0.717) is 6.54 Å². The van der Waals surface area contributed by atoms with Gasteiger partial charge < -0.3 is 15.0 Å². The molecule has 114 valence electrons. The predicted molar refractivity (Wildman–Crippen MR) is 79.6 cm³/mol. The monoisotopic (exact) mass is 311 g/mol. The molecule has 0 aliphatic rings. The zero-order chi connectivity index (χ0) is 15.4. The molecule has 0 aliphatic carbocycles. The molecule has 21 heavy (non-hydrogen) atoms. The summed E-state index contributed by atoms with van der Waals surface area (Å²) in [4.78, 5) is 22.9. The minimum absolute atomic E-state index is 0.0616. The van der Waals surface area contributed by atoms with Gasteiger partial charge in [-0.2, -0.15) is 0 Å². The van der Waals surface area contributed by atoms with Gasteiger partial charge in [-0.1, -0.05) is 23.4 Å². The number of phenols is 1. The number of aromatic hydroxyl groups is 1. The second-order valence-corrected chi connectivity index (χ2v) is 5.70. The van der Waals surface area contributed by atoms with Crippen molar-refractivity contribution in [2.45, 2.75) is 26.3 Å². The van der Waals surface area contributed by atoms with Gasteiger partial charge in [0.15, 0.2) is 0 Å². The van der Waals surface area contributed by atoms with Crippen LogP contribution in [-0.2, 0) is 6.54 Å². The van der Waals surface area contributed by atoms with Crippen molar-refractivity contribution in [1.82, 2.24) is 13.6 Å². The van der Waals surface area contributed by atoms with Crippen LogP contribution in [0.5, 0.6) is 5.75 Å². The molecule has 1 aromatic carbocycles. The standard InChI is InChI=1S/C13H17N3O4S/c1-2-3-6-14-8-9-4-5-11(17)10(7-9)16-13(19)12(18)15-21(16)20/h4-5,7,14,17H,2-3,6,8H2,1H3,(H,15,18). The first-order chi connectivity index (χ1) is 10.0. The lowest BCUT2D eigenvalue weighted by atomic mass is 10.2. The van der Waals surface area contributed by atoms with Crippen LogP contribution in [0.2, 0.25) is 0 Å². The van der Waals surface area contributed by atoms with E-state index in [0.717, 1.165) is 28.9 Å². The molecule has 1 atom stereocenters. The highest BCUT2D eigenvalue weighted by Crippen LogP contribution is 2.24. The van der Waals surface area contributed by atoms with Crippen LogP contribution in [0.3, 0.4) is 0 Å². The van der Waals surface area contributed by atoms with Crippen LogP contribution in [0.1, 0.15) is 25.3 Å². The summed E-state index contributed by atoms with van der Waals surface area (Å²) in [5, 5.41) is 13.1. The van der Waals surface area contributed by atoms with Crippen molar-refractivity contribution < 1.29 is 9.66 Å². The lowest BCUT2D eigenvalue weighted by molar-refractivity contribution is 0.471. The number of phenolic OH excluding ortho intramolecular Hbond substituents is 1. The molecule has 0 saturated carbocycles. The second kappa shape index (κ2) is 6.70. The Bertz CT molecular complexity index is 732. The van der Waals surface area contributed by atoms with E-state index in [1.807, 2.05) is 4.37 Å². The van der Waals surface area contributed by atoms with Crippen LogP contribution in [-0.4, -0.2) is 24.5 Å². The highest BCUT2D eigenvalue weighted by molar-refractivity contribution is 7.14. The maximum absolute atomic E-state index is 11.7. The summed E-state index contributed by atoms with van der Waals surface area (Å²) in [6, 6.07) is 4.67. The molecule has 2 rings (SSSR count). The lowest BCUT2D eigenvalue weighted by Crippen LogP contribution is -2.26. The first-order valence-electron chi connectivity index (χ1n) is 6.64. The van der Waals surface area contributed by atoms with Gasteiger partial charge in [-0.05, 0) is 30.7 Å². The van der Waals surface area contributed by atoms with Crippen LogP contribution < -0.4 is 16.4 Å². The third kappa shape index (κ3) is 3.41. The first kappa shape index (κ1) is 15.5. The minimum atomic E-state index is -2.00. The summed E-state index contributed by atoms with van der Waals surface area (Å²) in [5.41, 5.74) is -1.01. The maximum Gasteiger partial charge on any atom is 0.368 e. The fourth-order valence-corrected chi connectivity index (χ4v) is 2.81. The molecule has 0 fully saturated rings. The Morgan fingerprint density at radius 3 is 2.81 bits per heavy atom. The van der Waals surface area contributed by atoms with Gasteiger partial charge in [-0.15, -0.1) is 4.37 Å². The number of unbranched alkanes of at least 4 members (excludes halogenated alkanes) is 1. The Hall–Kier alpha value is -1.90. The molecular formula is C13H17N3O4S. The van der Waals surface area contributed by atoms with Gasteiger partial charge in [0, 0.05) is 6.54 Å². The number of H-pyrrole nitrogens is 1. The third-order valence-corrected chi connectivity index (χ3v) is 4.07.